The van der Waals surface area contributed by atoms with Crippen LogP contribution in [0.15, 0.2) is 24.3 Å². The van der Waals surface area contributed by atoms with Gasteiger partial charge in [0.1, 0.15) is 0 Å². The second-order valence-electron chi connectivity index (χ2n) is 5.06. The SMILES string of the molecule is CC(=O)NC(=S)Nc1ccc(C(=O)NC[C@H]2CCCO2)cc1. The molecule has 1 aliphatic rings. The number of hydrogen-bond acceptors (Lipinski definition) is 4. The van der Waals surface area contributed by atoms with Gasteiger partial charge in [-0.25, -0.2) is 0 Å². The van der Waals surface area contributed by atoms with Crippen LogP contribution in [0, 0.1) is 0 Å². The highest BCUT2D eigenvalue weighted by molar-refractivity contribution is 7.80. The van der Waals surface area contributed by atoms with E-state index >= 15 is 0 Å². The van der Waals surface area contributed by atoms with Gasteiger partial charge in [0.15, 0.2) is 5.11 Å². The number of amides is 2. The summed E-state index contributed by atoms with van der Waals surface area (Å²) < 4.78 is 5.46. The van der Waals surface area contributed by atoms with Gasteiger partial charge in [0.2, 0.25) is 5.91 Å². The molecular formula is C15H19N3O3S. The van der Waals surface area contributed by atoms with E-state index < -0.39 is 0 Å². The van der Waals surface area contributed by atoms with Crippen molar-refractivity contribution in [1.29, 1.82) is 0 Å². The van der Waals surface area contributed by atoms with Gasteiger partial charge in [0, 0.05) is 31.3 Å². The van der Waals surface area contributed by atoms with Crippen molar-refractivity contribution in [2.45, 2.75) is 25.9 Å². The molecule has 0 bridgehead atoms. The Morgan fingerprint density at radius 2 is 2.05 bits per heavy atom. The molecule has 0 spiro atoms. The van der Waals surface area contributed by atoms with E-state index in [-0.39, 0.29) is 23.0 Å². The fraction of sp³-hybridized carbons (Fsp3) is 0.400. The molecule has 1 saturated heterocycles. The Kier molecular flexibility index (Phi) is 5.85. The number of rotatable bonds is 4. The normalized spacial score (nSPS) is 16.9. The Labute approximate surface area is 134 Å². The first-order valence-electron chi connectivity index (χ1n) is 7.13. The second-order valence-corrected chi connectivity index (χ2v) is 5.47. The third-order valence-corrected chi connectivity index (χ3v) is 3.41. The van der Waals surface area contributed by atoms with E-state index in [9.17, 15) is 9.59 Å². The lowest BCUT2D eigenvalue weighted by Gasteiger charge is -2.11. The van der Waals surface area contributed by atoms with Crippen LogP contribution in [0.4, 0.5) is 5.69 Å². The van der Waals surface area contributed by atoms with Gasteiger partial charge in [-0.05, 0) is 49.3 Å². The number of thiocarbonyl (C=S) groups is 1. The maximum absolute atomic E-state index is 12.0. The first-order valence-corrected chi connectivity index (χ1v) is 7.54. The number of carbonyl (C=O) groups is 2. The molecule has 1 aromatic carbocycles. The van der Waals surface area contributed by atoms with Crippen LogP contribution in [0.3, 0.4) is 0 Å². The Morgan fingerprint density at radius 1 is 1.32 bits per heavy atom. The van der Waals surface area contributed by atoms with Crippen molar-refractivity contribution < 1.29 is 14.3 Å². The van der Waals surface area contributed by atoms with E-state index in [0.29, 0.717) is 17.8 Å². The van der Waals surface area contributed by atoms with E-state index in [1.54, 1.807) is 24.3 Å². The molecule has 7 heteroatoms. The molecule has 1 fully saturated rings. The quantitative estimate of drug-likeness (QED) is 0.731. The number of hydrogen-bond donors (Lipinski definition) is 3. The predicted octanol–water partition coefficient (Wildman–Crippen LogP) is 1.43. The molecular weight excluding hydrogens is 302 g/mol. The molecule has 118 valence electrons. The van der Waals surface area contributed by atoms with Crippen molar-refractivity contribution in [3.8, 4) is 0 Å². The summed E-state index contributed by atoms with van der Waals surface area (Å²) in [6, 6.07) is 6.86. The average molecular weight is 321 g/mol. The summed E-state index contributed by atoms with van der Waals surface area (Å²) in [6.07, 6.45) is 2.17. The first-order chi connectivity index (χ1) is 10.5. The van der Waals surface area contributed by atoms with Crippen LogP contribution in [-0.4, -0.2) is 36.2 Å². The molecule has 1 aliphatic heterocycles. The van der Waals surface area contributed by atoms with Crippen molar-refractivity contribution in [3.63, 3.8) is 0 Å². The van der Waals surface area contributed by atoms with Gasteiger partial charge in [0.05, 0.1) is 6.10 Å². The highest BCUT2D eigenvalue weighted by atomic mass is 32.1. The maximum Gasteiger partial charge on any atom is 0.251 e. The van der Waals surface area contributed by atoms with E-state index in [1.807, 2.05) is 0 Å². The topological polar surface area (TPSA) is 79.5 Å². The molecule has 2 amide bonds. The number of benzene rings is 1. The van der Waals surface area contributed by atoms with Crippen molar-refractivity contribution in [2.75, 3.05) is 18.5 Å². The molecule has 0 radical (unpaired) electrons. The number of anilines is 1. The molecule has 0 aliphatic carbocycles. The summed E-state index contributed by atoms with van der Waals surface area (Å²) in [5.74, 6) is -0.367. The molecule has 6 nitrogen and oxygen atoms in total. The minimum atomic E-state index is -0.234. The van der Waals surface area contributed by atoms with Crippen LogP contribution in [0.5, 0.6) is 0 Å². The zero-order chi connectivity index (χ0) is 15.9. The monoisotopic (exact) mass is 321 g/mol. The van der Waals surface area contributed by atoms with E-state index in [1.165, 1.54) is 6.92 Å². The molecule has 1 atom stereocenters. The van der Waals surface area contributed by atoms with Gasteiger partial charge in [-0.2, -0.15) is 0 Å². The number of carbonyl (C=O) groups excluding carboxylic acids is 2. The highest BCUT2D eigenvalue weighted by Crippen LogP contribution is 2.12. The van der Waals surface area contributed by atoms with Gasteiger partial charge in [-0.15, -0.1) is 0 Å². The summed E-state index contributed by atoms with van der Waals surface area (Å²) in [7, 11) is 0. The summed E-state index contributed by atoms with van der Waals surface area (Å²) >= 11 is 4.96. The largest absolute Gasteiger partial charge is 0.376 e. The highest BCUT2D eigenvalue weighted by Gasteiger charge is 2.16. The van der Waals surface area contributed by atoms with Gasteiger partial charge in [-0.1, -0.05) is 0 Å². The van der Waals surface area contributed by atoms with Crippen LogP contribution < -0.4 is 16.0 Å². The summed E-state index contributed by atoms with van der Waals surface area (Å²) in [6.45, 7) is 2.69. The van der Waals surface area contributed by atoms with Crippen LogP contribution in [-0.2, 0) is 9.53 Å². The Morgan fingerprint density at radius 3 is 2.64 bits per heavy atom. The smallest absolute Gasteiger partial charge is 0.251 e. The lowest BCUT2D eigenvalue weighted by Crippen LogP contribution is -2.32. The molecule has 0 unspecified atom stereocenters. The van der Waals surface area contributed by atoms with Crippen LogP contribution in [0.25, 0.3) is 0 Å². The second kappa shape index (κ2) is 7.86. The summed E-state index contributed by atoms with van der Waals surface area (Å²) in [5.41, 5.74) is 1.27. The van der Waals surface area contributed by atoms with Crippen LogP contribution in [0.2, 0.25) is 0 Å². The molecule has 3 N–H and O–H groups in total. The van der Waals surface area contributed by atoms with E-state index in [2.05, 4.69) is 16.0 Å². The van der Waals surface area contributed by atoms with Crippen molar-refractivity contribution in [2.24, 2.45) is 0 Å². The Hall–Kier alpha value is -1.99. The maximum atomic E-state index is 12.0. The predicted molar refractivity (Wildman–Crippen MR) is 87.8 cm³/mol. The van der Waals surface area contributed by atoms with Crippen LogP contribution in [0.1, 0.15) is 30.1 Å². The lowest BCUT2D eigenvalue weighted by atomic mass is 10.2. The number of ether oxygens (including phenoxy) is 1. The molecule has 1 aromatic rings. The Balaban J connectivity index is 1.83. The van der Waals surface area contributed by atoms with Gasteiger partial charge in [-0.3, -0.25) is 9.59 Å². The summed E-state index contributed by atoms with van der Waals surface area (Å²) in [4.78, 5) is 22.9. The van der Waals surface area contributed by atoms with Crippen molar-refractivity contribution in [1.82, 2.24) is 10.6 Å². The van der Waals surface area contributed by atoms with E-state index in [0.717, 1.165) is 19.4 Å². The first kappa shape index (κ1) is 16.4. The van der Waals surface area contributed by atoms with E-state index in [4.69, 9.17) is 17.0 Å². The third-order valence-electron chi connectivity index (χ3n) is 3.21. The zero-order valence-corrected chi connectivity index (χ0v) is 13.2. The zero-order valence-electron chi connectivity index (χ0n) is 12.3. The Bertz CT molecular complexity index is 554. The van der Waals surface area contributed by atoms with Gasteiger partial charge >= 0.3 is 0 Å². The average Bonchev–Trinajstić information content (AvgIpc) is 2.98. The van der Waals surface area contributed by atoms with Gasteiger partial charge in [0.25, 0.3) is 5.91 Å². The molecule has 2 rings (SSSR count). The molecule has 22 heavy (non-hydrogen) atoms. The minimum Gasteiger partial charge on any atom is -0.376 e. The van der Waals surface area contributed by atoms with Crippen LogP contribution >= 0.6 is 12.2 Å². The minimum absolute atomic E-state index is 0.125. The van der Waals surface area contributed by atoms with Crippen molar-refractivity contribution >= 4 is 34.8 Å². The van der Waals surface area contributed by atoms with Gasteiger partial charge < -0.3 is 20.7 Å². The standard InChI is InChI=1S/C15H19N3O3S/c1-10(19)17-15(22)18-12-6-4-11(5-7-12)14(20)16-9-13-3-2-8-21-13/h4-7,13H,2-3,8-9H2,1H3,(H,16,20)(H2,17,18,19,22)/t13-/m1/s1. The third kappa shape index (κ3) is 5.09. The molecule has 0 aromatic heterocycles. The molecule has 0 saturated carbocycles. The fourth-order valence-electron chi connectivity index (χ4n) is 2.14. The lowest BCUT2D eigenvalue weighted by molar-refractivity contribution is -0.117. The molecule has 1 heterocycles. The summed E-state index contributed by atoms with van der Waals surface area (Å²) in [5, 5.41) is 8.42. The number of nitrogens with one attached hydrogen (secondary N) is 3. The van der Waals surface area contributed by atoms with Crippen molar-refractivity contribution in [3.05, 3.63) is 29.8 Å². The fourth-order valence-corrected chi connectivity index (χ4v) is 2.40.